The first-order valence-corrected chi connectivity index (χ1v) is 2.00. The molecule has 0 saturated heterocycles. The third-order valence-corrected chi connectivity index (χ3v) is 0. The van der Waals surface area contributed by atoms with Crippen LogP contribution < -0.4 is 0 Å². The second kappa shape index (κ2) is 7.99. The Morgan fingerprint density at radius 2 is 1.12 bits per heavy atom. The molecule has 0 N–H and O–H groups in total. The zero-order chi connectivity index (χ0) is 4.50. The summed E-state index contributed by atoms with van der Waals surface area (Å²) < 4.78 is 34.1. The summed E-state index contributed by atoms with van der Waals surface area (Å²) in [7, 11) is -5.17. The smallest absolute Gasteiger partial charge is 2.00 e. The fraction of sp³-hybridized carbons (Fsp3) is 0. The van der Waals surface area contributed by atoms with Crippen LogP contribution in [0.25, 0.3) is 0 Å². The van der Waals surface area contributed by atoms with Crippen molar-refractivity contribution in [2.45, 2.75) is 0 Å². The molecule has 0 atom stereocenters. The van der Waals surface area contributed by atoms with E-state index in [1.165, 1.54) is 0 Å². The van der Waals surface area contributed by atoms with Crippen LogP contribution in [-0.2, 0) is 35.4 Å². The van der Waals surface area contributed by atoms with Gasteiger partial charge in [0.05, 0.1) is 0 Å². The van der Waals surface area contributed by atoms with Crippen LogP contribution in [0, 0.1) is 0 Å². The molecule has 0 aliphatic carbocycles. The Morgan fingerprint density at radius 3 is 1.12 bits per heavy atom. The van der Waals surface area contributed by atoms with Gasteiger partial charge in [-0.1, -0.05) is 0 Å². The Balaban J connectivity index is -0.0000000267. The molecule has 0 rings (SSSR count). The molecule has 5 nitrogen and oxygen atoms in total. The molecule has 0 aliphatic heterocycles. The summed E-state index contributed by atoms with van der Waals surface area (Å²) in [5.41, 5.74) is 0. The maximum atomic E-state index is 8.52. The van der Waals surface area contributed by atoms with E-state index >= 15 is 0 Å². The minimum Gasteiger partial charge on any atom is -2.00 e. The van der Waals surface area contributed by atoms with Crippen molar-refractivity contribution in [1.82, 2.24) is 0 Å². The van der Waals surface area contributed by atoms with Gasteiger partial charge < -0.3 is 14.6 Å². The van der Waals surface area contributed by atoms with Gasteiger partial charge in [0.1, 0.15) is 0 Å². The van der Waals surface area contributed by atoms with Gasteiger partial charge in [-0.2, -0.15) is 0 Å². The van der Waals surface area contributed by atoms with E-state index in [-0.39, 0.29) is 42.3 Å². The molecule has 0 aromatic carbocycles. The number of rotatable bonds is 0. The summed E-state index contributed by atoms with van der Waals surface area (Å²) >= 11 is 0. The summed E-state index contributed by atoms with van der Waals surface area (Å²) in [5, 5.41) is 0. The standard InChI is InChI=1S/Al.H2O4S.O.Zn/c;1-5(2,3)4;;/h;(H2,1,2,3,4);;/q+3;;-2;+2/p-2. The molecule has 8 heteroatoms. The molecule has 0 spiro atoms. The molecule has 0 heterocycles. The van der Waals surface area contributed by atoms with Gasteiger partial charge in [-0.05, 0) is 0 Å². The normalized spacial score (nSPS) is 7.25. The molecule has 0 amide bonds. The minimum atomic E-state index is -5.17. The predicted molar refractivity (Wildman–Crippen MR) is 16.9 cm³/mol. The van der Waals surface area contributed by atoms with Gasteiger partial charge in [0.2, 0.25) is 0 Å². The molecule has 0 aliphatic rings. The largest absolute Gasteiger partial charge is 3.00 e. The molecule has 0 fully saturated rings. The molecular formula is AlO5SZn+. The fourth-order valence-electron chi connectivity index (χ4n) is 0. The van der Waals surface area contributed by atoms with Gasteiger partial charge in [0.15, 0.2) is 0 Å². The fourth-order valence-corrected chi connectivity index (χ4v) is 0. The van der Waals surface area contributed by atoms with Crippen molar-refractivity contribution in [1.29, 1.82) is 0 Å². The SMILES string of the molecule is O=S(=O)([O-])[O-].[Al+3].[O-2].[Zn+2]. The Kier molecular flexibility index (Phi) is 23.0. The molecule has 0 radical (unpaired) electrons. The van der Waals surface area contributed by atoms with Crippen LogP contribution in [0.3, 0.4) is 0 Å². The zero-order valence-corrected chi connectivity index (χ0v) is 8.67. The van der Waals surface area contributed by atoms with E-state index in [0.29, 0.717) is 0 Å². The summed E-state index contributed by atoms with van der Waals surface area (Å²) in [6.07, 6.45) is 0. The van der Waals surface area contributed by atoms with Gasteiger partial charge >= 0.3 is 36.8 Å². The van der Waals surface area contributed by atoms with Crippen LogP contribution in [0.1, 0.15) is 0 Å². The Labute approximate surface area is 70.2 Å². The minimum absolute atomic E-state index is 0. The second-order valence-corrected chi connectivity index (χ2v) is 1.22. The van der Waals surface area contributed by atoms with Crippen molar-refractivity contribution < 1.29 is 42.5 Å². The predicted octanol–water partition coefficient (Wildman–Crippen LogP) is -1.84. The van der Waals surface area contributed by atoms with E-state index in [1.807, 2.05) is 0 Å². The summed E-state index contributed by atoms with van der Waals surface area (Å²) in [5.74, 6) is 0. The van der Waals surface area contributed by atoms with Gasteiger partial charge in [0, 0.05) is 10.4 Å². The van der Waals surface area contributed by atoms with Crippen LogP contribution in [0.4, 0.5) is 0 Å². The summed E-state index contributed by atoms with van der Waals surface area (Å²) in [4.78, 5) is 0. The van der Waals surface area contributed by atoms with Crippen molar-refractivity contribution in [2.24, 2.45) is 0 Å². The topological polar surface area (TPSA) is 109 Å². The van der Waals surface area contributed by atoms with E-state index in [2.05, 4.69) is 0 Å². The van der Waals surface area contributed by atoms with Gasteiger partial charge in [-0.3, -0.25) is 8.42 Å². The molecule has 8 heavy (non-hydrogen) atoms. The zero-order valence-electron chi connectivity index (χ0n) is 3.73. The first-order valence-electron chi connectivity index (χ1n) is 0.667. The van der Waals surface area contributed by atoms with Crippen molar-refractivity contribution >= 4 is 27.8 Å². The number of hydrogen-bond acceptors (Lipinski definition) is 4. The van der Waals surface area contributed by atoms with Crippen LogP contribution in [0.5, 0.6) is 0 Å². The Bertz CT molecular complexity index is 95.6. The van der Waals surface area contributed by atoms with E-state index < -0.39 is 10.4 Å². The molecule has 0 unspecified atom stereocenters. The van der Waals surface area contributed by atoms with Crippen LogP contribution >= 0.6 is 0 Å². The second-order valence-electron chi connectivity index (χ2n) is 0.408. The average molecular weight is 204 g/mol. The maximum absolute atomic E-state index is 8.52. The average Bonchev–Trinajstić information content (AvgIpc) is 0.722. The first-order chi connectivity index (χ1) is 2.00. The van der Waals surface area contributed by atoms with Crippen molar-refractivity contribution in [3.63, 3.8) is 0 Å². The van der Waals surface area contributed by atoms with Crippen LogP contribution in [0.2, 0.25) is 0 Å². The number of hydrogen-bond donors (Lipinski definition) is 0. The molecule has 0 aromatic heterocycles. The quantitative estimate of drug-likeness (QED) is 0.262. The molecule has 0 aromatic rings. The molecule has 0 bridgehead atoms. The Morgan fingerprint density at radius 1 is 1.12 bits per heavy atom. The summed E-state index contributed by atoms with van der Waals surface area (Å²) in [6, 6.07) is 0. The van der Waals surface area contributed by atoms with Gasteiger partial charge in [-0.15, -0.1) is 0 Å². The Hall–Kier alpha value is 0.986. The van der Waals surface area contributed by atoms with Gasteiger partial charge in [0.25, 0.3) is 0 Å². The van der Waals surface area contributed by atoms with Crippen molar-refractivity contribution in [2.75, 3.05) is 0 Å². The summed E-state index contributed by atoms with van der Waals surface area (Å²) in [6.45, 7) is 0. The van der Waals surface area contributed by atoms with E-state index in [1.54, 1.807) is 0 Å². The maximum Gasteiger partial charge on any atom is 3.00 e. The van der Waals surface area contributed by atoms with Crippen molar-refractivity contribution in [3.8, 4) is 0 Å². The monoisotopic (exact) mass is 203 g/mol. The van der Waals surface area contributed by atoms with E-state index in [0.717, 1.165) is 0 Å². The van der Waals surface area contributed by atoms with Crippen molar-refractivity contribution in [3.05, 3.63) is 0 Å². The van der Waals surface area contributed by atoms with Crippen LogP contribution in [0.15, 0.2) is 0 Å². The molecule has 0 saturated carbocycles. The third kappa shape index (κ3) is 258. The van der Waals surface area contributed by atoms with E-state index in [9.17, 15) is 0 Å². The van der Waals surface area contributed by atoms with Gasteiger partial charge in [-0.25, -0.2) is 0 Å². The molecular weight excluding hydrogens is 204 g/mol. The first kappa shape index (κ1) is 23.1. The van der Waals surface area contributed by atoms with E-state index in [4.69, 9.17) is 17.5 Å². The van der Waals surface area contributed by atoms with Crippen LogP contribution in [-0.4, -0.2) is 34.9 Å². The third-order valence-electron chi connectivity index (χ3n) is 0. The molecule has 40 valence electrons.